The molecule has 0 amide bonds. The molecule has 1 saturated heterocycles. The van der Waals surface area contributed by atoms with Gasteiger partial charge in [-0.2, -0.15) is 4.98 Å². The lowest BCUT2D eigenvalue weighted by Crippen LogP contribution is -3.27. The first-order valence-corrected chi connectivity index (χ1v) is 9.85. The van der Waals surface area contributed by atoms with Crippen LogP contribution in [0.5, 0.6) is 0 Å². The topological polar surface area (TPSA) is 47.8 Å². The quantitative estimate of drug-likeness (QED) is 0.654. The van der Waals surface area contributed by atoms with Crippen molar-refractivity contribution in [2.75, 3.05) is 26.2 Å². The van der Waals surface area contributed by atoms with Gasteiger partial charge >= 0.3 is 0 Å². The van der Waals surface area contributed by atoms with Crippen LogP contribution in [0.4, 0.5) is 0 Å². The van der Waals surface area contributed by atoms with E-state index in [4.69, 9.17) is 4.52 Å². The second kappa shape index (κ2) is 8.12. The van der Waals surface area contributed by atoms with Gasteiger partial charge in [-0.1, -0.05) is 63.6 Å². The number of nitrogens with one attached hydrogen (secondary N) is 2. The molecule has 6 heteroatoms. The van der Waals surface area contributed by atoms with Crippen LogP contribution in [-0.2, 0) is 13.1 Å². The largest absolute Gasteiger partial charge is 0.333 e. The lowest BCUT2D eigenvalue weighted by Gasteiger charge is -2.28. The highest BCUT2D eigenvalue weighted by Gasteiger charge is 2.25. The average Bonchev–Trinajstić information content (AvgIpc) is 3.13. The van der Waals surface area contributed by atoms with E-state index < -0.39 is 0 Å². The molecule has 0 saturated carbocycles. The number of benzene rings is 2. The Bertz CT molecular complexity index is 844. The zero-order valence-corrected chi connectivity index (χ0v) is 16.2. The number of halogens is 1. The smallest absolute Gasteiger partial charge is 0.282 e. The van der Waals surface area contributed by atoms with Crippen molar-refractivity contribution in [2.45, 2.75) is 13.1 Å². The number of rotatable bonds is 5. The molecule has 4 rings (SSSR count). The Kier molecular flexibility index (Phi) is 5.43. The van der Waals surface area contributed by atoms with E-state index in [1.165, 1.54) is 23.6 Å². The molecule has 134 valence electrons. The lowest BCUT2D eigenvalue weighted by atomic mass is 10.2. The molecule has 2 heterocycles. The summed E-state index contributed by atoms with van der Waals surface area (Å²) in [6, 6.07) is 18.7. The summed E-state index contributed by atoms with van der Waals surface area (Å²) in [5.41, 5.74) is 2.39. The first-order chi connectivity index (χ1) is 12.8. The van der Waals surface area contributed by atoms with Crippen LogP contribution in [-0.4, -0.2) is 36.3 Å². The van der Waals surface area contributed by atoms with E-state index in [-0.39, 0.29) is 0 Å². The molecule has 1 fully saturated rings. The summed E-state index contributed by atoms with van der Waals surface area (Å²) in [5.74, 6) is 1.38. The maximum Gasteiger partial charge on any atom is 0.282 e. The number of aromatic nitrogens is 2. The van der Waals surface area contributed by atoms with Gasteiger partial charge in [-0.25, -0.2) is 0 Å². The summed E-state index contributed by atoms with van der Waals surface area (Å²) in [4.78, 5) is 7.75. The van der Waals surface area contributed by atoms with Gasteiger partial charge in [0.05, 0.1) is 0 Å². The van der Waals surface area contributed by atoms with Crippen molar-refractivity contribution in [3.8, 4) is 11.4 Å². The molecule has 26 heavy (non-hydrogen) atoms. The molecule has 3 aromatic rings. The first-order valence-electron chi connectivity index (χ1n) is 9.06. The van der Waals surface area contributed by atoms with E-state index in [0.29, 0.717) is 5.82 Å². The minimum atomic E-state index is 0.661. The summed E-state index contributed by atoms with van der Waals surface area (Å²) in [5, 5.41) is 4.14. The van der Waals surface area contributed by atoms with Crippen molar-refractivity contribution >= 4 is 15.9 Å². The van der Waals surface area contributed by atoms with Crippen LogP contribution in [0.2, 0.25) is 0 Å². The summed E-state index contributed by atoms with van der Waals surface area (Å²) in [7, 11) is 0. The van der Waals surface area contributed by atoms with E-state index in [0.717, 1.165) is 42.1 Å². The second-order valence-corrected chi connectivity index (χ2v) is 7.78. The van der Waals surface area contributed by atoms with E-state index >= 15 is 0 Å². The van der Waals surface area contributed by atoms with Crippen molar-refractivity contribution in [3.63, 3.8) is 0 Å². The Morgan fingerprint density at radius 1 is 0.885 bits per heavy atom. The molecule has 5 nitrogen and oxygen atoms in total. The van der Waals surface area contributed by atoms with Gasteiger partial charge < -0.3 is 14.3 Å². The molecular weight excluding hydrogens is 392 g/mol. The van der Waals surface area contributed by atoms with E-state index in [1.807, 2.05) is 24.3 Å². The van der Waals surface area contributed by atoms with E-state index in [1.54, 1.807) is 4.90 Å². The van der Waals surface area contributed by atoms with Crippen molar-refractivity contribution in [2.24, 2.45) is 0 Å². The average molecular weight is 415 g/mol. The van der Waals surface area contributed by atoms with Crippen LogP contribution in [0, 0.1) is 0 Å². The number of piperazine rings is 1. The molecule has 0 atom stereocenters. The third kappa shape index (κ3) is 4.38. The molecule has 0 unspecified atom stereocenters. The fraction of sp³-hybridized carbons (Fsp3) is 0.300. The standard InChI is InChI=1S/C20H21BrN4O/c21-18-8-4-7-17(13-18)20-22-19(26-23-20)15-25-11-9-24(10-12-25)14-16-5-2-1-3-6-16/h1-8,13H,9-12,14-15H2/p+2. The molecule has 0 spiro atoms. The highest BCUT2D eigenvalue weighted by Crippen LogP contribution is 2.20. The molecule has 2 aromatic carbocycles. The van der Waals surface area contributed by atoms with Crippen LogP contribution >= 0.6 is 15.9 Å². The number of hydrogen-bond donors (Lipinski definition) is 2. The minimum absolute atomic E-state index is 0.661. The Hall–Kier alpha value is -2.02. The normalized spacial score (nSPS) is 20.2. The molecule has 0 radical (unpaired) electrons. The van der Waals surface area contributed by atoms with Crippen molar-refractivity contribution in [1.29, 1.82) is 0 Å². The number of hydrogen-bond acceptors (Lipinski definition) is 3. The third-order valence-electron chi connectivity index (χ3n) is 4.91. The Balaban J connectivity index is 1.31. The number of nitrogens with zero attached hydrogens (tertiary/aromatic N) is 2. The first kappa shape index (κ1) is 17.4. The molecule has 1 aliphatic heterocycles. The van der Waals surface area contributed by atoms with Gasteiger partial charge in [-0.15, -0.1) is 0 Å². The summed E-state index contributed by atoms with van der Waals surface area (Å²) in [6.45, 7) is 6.54. The van der Waals surface area contributed by atoms with Gasteiger partial charge in [0.2, 0.25) is 5.82 Å². The van der Waals surface area contributed by atoms with Crippen LogP contribution in [0.3, 0.4) is 0 Å². The van der Waals surface area contributed by atoms with Crippen LogP contribution in [0.25, 0.3) is 11.4 Å². The Morgan fingerprint density at radius 2 is 1.62 bits per heavy atom. The van der Waals surface area contributed by atoms with Gasteiger partial charge in [0.25, 0.3) is 5.89 Å². The maximum absolute atomic E-state index is 5.48. The van der Waals surface area contributed by atoms with E-state index in [2.05, 4.69) is 56.4 Å². The SMILES string of the molecule is Brc1cccc(-c2noc(C[NH+]3CC[NH+](Cc4ccccc4)CC3)n2)c1. The second-order valence-electron chi connectivity index (χ2n) is 6.86. The fourth-order valence-corrected chi connectivity index (χ4v) is 3.88. The van der Waals surface area contributed by atoms with Gasteiger partial charge in [-0.05, 0) is 12.1 Å². The minimum Gasteiger partial charge on any atom is -0.333 e. The highest BCUT2D eigenvalue weighted by atomic mass is 79.9. The predicted molar refractivity (Wildman–Crippen MR) is 103 cm³/mol. The Labute approximate surface area is 161 Å². The molecule has 1 aromatic heterocycles. The van der Waals surface area contributed by atoms with Crippen LogP contribution in [0.15, 0.2) is 63.6 Å². The fourth-order valence-electron chi connectivity index (χ4n) is 3.48. The summed E-state index contributed by atoms with van der Waals surface area (Å²) < 4.78 is 6.50. The Morgan fingerprint density at radius 3 is 2.35 bits per heavy atom. The van der Waals surface area contributed by atoms with Crippen LogP contribution < -0.4 is 9.80 Å². The number of quaternary nitrogens is 2. The predicted octanol–water partition coefficient (Wildman–Crippen LogP) is 0.983. The third-order valence-corrected chi connectivity index (χ3v) is 5.41. The lowest BCUT2D eigenvalue weighted by molar-refractivity contribution is -1.02. The van der Waals surface area contributed by atoms with Gasteiger partial charge in [0.1, 0.15) is 32.7 Å². The summed E-state index contributed by atoms with van der Waals surface area (Å²) in [6.07, 6.45) is 0. The van der Waals surface area contributed by atoms with E-state index in [9.17, 15) is 0 Å². The molecule has 0 aliphatic carbocycles. The van der Waals surface area contributed by atoms with Crippen molar-refractivity contribution in [3.05, 3.63) is 70.5 Å². The van der Waals surface area contributed by atoms with Crippen molar-refractivity contribution in [1.82, 2.24) is 10.1 Å². The monoisotopic (exact) mass is 414 g/mol. The molecule has 1 aliphatic rings. The zero-order valence-electron chi connectivity index (χ0n) is 14.6. The zero-order chi connectivity index (χ0) is 17.8. The highest BCUT2D eigenvalue weighted by molar-refractivity contribution is 9.10. The summed E-state index contributed by atoms with van der Waals surface area (Å²) >= 11 is 3.48. The molecular formula is C20H23BrN4O+2. The molecule has 0 bridgehead atoms. The van der Waals surface area contributed by atoms with Gasteiger partial charge in [0.15, 0.2) is 6.54 Å². The van der Waals surface area contributed by atoms with Crippen molar-refractivity contribution < 1.29 is 14.3 Å². The molecule has 2 N–H and O–H groups in total. The van der Waals surface area contributed by atoms with Gasteiger partial charge in [-0.3, -0.25) is 0 Å². The van der Waals surface area contributed by atoms with Gasteiger partial charge in [0, 0.05) is 15.6 Å². The maximum atomic E-state index is 5.48. The van der Waals surface area contributed by atoms with Crippen LogP contribution in [0.1, 0.15) is 11.5 Å².